The zero-order chi connectivity index (χ0) is 22.8. The van der Waals surface area contributed by atoms with E-state index < -0.39 is 29.7 Å². The van der Waals surface area contributed by atoms with E-state index >= 15 is 0 Å². The molecule has 1 heterocycles. The minimum atomic E-state index is -1.68. The minimum Gasteiger partial charge on any atom is -0.390 e. The van der Waals surface area contributed by atoms with E-state index in [0.29, 0.717) is 42.7 Å². The molecule has 1 saturated heterocycles. The maximum absolute atomic E-state index is 13.4. The average molecular weight is 444 g/mol. The SMILES string of the molecule is N#Cc1cc(F)ccc1N1CCC(CNC(=O)C(=O)[C@@H](O)C(O)C2C3CCC2CC3)CC1. The Balaban J connectivity index is 1.24. The van der Waals surface area contributed by atoms with E-state index in [1.54, 1.807) is 6.07 Å². The first-order valence-corrected chi connectivity index (χ1v) is 11.5. The fourth-order valence-corrected chi connectivity index (χ4v) is 5.93. The molecule has 172 valence electrons. The van der Waals surface area contributed by atoms with Crippen molar-refractivity contribution >= 4 is 17.4 Å². The van der Waals surface area contributed by atoms with E-state index in [4.69, 9.17) is 0 Å². The topological polar surface area (TPSA) is 114 Å². The number of Topliss-reactive ketones (excluding diaryl/α,β-unsaturated/α-hetero) is 1. The molecule has 3 aliphatic rings. The van der Waals surface area contributed by atoms with Crippen molar-refractivity contribution in [2.45, 2.75) is 50.7 Å². The monoisotopic (exact) mass is 443 g/mol. The summed E-state index contributed by atoms with van der Waals surface area (Å²) in [5, 5.41) is 32.7. The van der Waals surface area contributed by atoms with Crippen LogP contribution in [0.4, 0.5) is 10.1 Å². The number of hydrogen-bond donors (Lipinski definition) is 3. The maximum Gasteiger partial charge on any atom is 0.290 e. The predicted octanol–water partition coefficient (Wildman–Crippen LogP) is 1.76. The lowest BCUT2D eigenvalue weighted by molar-refractivity contribution is -0.148. The zero-order valence-electron chi connectivity index (χ0n) is 18.0. The fraction of sp³-hybridized carbons (Fsp3) is 0.625. The molecule has 4 rings (SSSR count). The first-order chi connectivity index (χ1) is 15.4. The summed E-state index contributed by atoms with van der Waals surface area (Å²) in [5.41, 5.74) is 0.996. The second-order valence-corrected chi connectivity index (χ2v) is 9.47. The number of nitriles is 1. The standard InChI is InChI=1S/C24H30FN3O4/c25-18-5-6-19(17(11-18)12-26)28-9-7-14(8-10-28)13-27-24(32)23(31)22(30)21(29)20-15-1-2-16(20)4-3-15/h5-6,11,14-16,20-22,29-30H,1-4,7-10,13H2,(H,27,32)/t15?,16?,20?,21?,22-/m0/s1. The van der Waals surface area contributed by atoms with Crippen molar-refractivity contribution in [1.82, 2.24) is 5.32 Å². The lowest BCUT2D eigenvalue weighted by Crippen LogP contribution is -2.48. The average Bonchev–Trinajstić information content (AvgIpc) is 3.42. The highest BCUT2D eigenvalue weighted by Gasteiger charge is 2.48. The summed E-state index contributed by atoms with van der Waals surface area (Å²) in [4.78, 5) is 26.7. The first-order valence-electron chi connectivity index (χ1n) is 11.5. The Hall–Kier alpha value is -2.50. The van der Waals surface area contributed by atoms with Gasteiger partial charge < -0.3 is 20.4 Å². The van der Waals surface area contributed by atoms with Crippen LogP contribution in [0, 0.1) is 40.8 Å². The molecular formula is C24H30FN3O4. The number of rotatable bonds is 7. The van der Waals surface area contributed by atoms with Gasteiger partial charge in [-0.2, -0.15) is 5.26 Å². The van der Waals surface area contributed by atoms with E-state index in [0.717, 1.165) is 38.5 Å². The van der Waals surface area contributed by atoms with Crippen molar-refractivity contribution < 1.29 is 24.2 Å². The number of hydrogen-bond acceptors (Lipinski definition) is 6. The maximum atomic E-state index is 13.4. The van der Waals surface area contributed by atoms with Crippen LogP contribution in [-0.4, -0.2) is 53.7 Å². The summed E-state index contributed by atoms with van der Waals surface area (Å²) >= 11 is 0. The van der Waals surface area contributed by atoms with Crippen LogP contribution < -0.4 is 10.2 Å². The van der Waals surface area contributed by atoms with Gasteiger partial charge in [-0.1, -0.05) is 0 Å². The lowest BCUT2D eigenvalue weighted by atomic mass is 9.87. The summed E-state index contributed by atoms with van der Waals surface area (Å²) in [5.74, 6) is -1.51. The third-order valence-electron chi connectivity index (χ3n) is 7.70. The predicted molar refractivity (Wildman–Crippen MR) is 115 cm³/mol. The molecule has 8 heteroatoms. The molecule has 1 aromatic carbocycles. The number of nitrogens with one attached hydrogen (secondary N) is 1. The fourth-order valence-electron chi connectivity index (χ4n) is 5.93. The number of ketones is 1. The quantitative estimate of drug-likeness (QED) is 0.554. The molecule has 2 bridgehead atoms. The summed E-state index contributed by atoms with van der Waals surface area (Å²) in [6.45, 7) is 1.62. The third-order valence-corrected chi connectivity index (χ3v) is 7.70. The van der Waals surface area contributed by atoms with Crippen molar-refractivity contribution in [3.8, 4) is 6.07 Å². The number of carbonyl (C=O) groups excluding carboxylic acids is 2. The molecule has 2 aliphatic carbocycles. The summed E-state index contributed by atoms with van der Waals surface area (Å²) in [6, 6.07) is 6.20. The molecule has 32 heavy (non-hydrogen) atoms. The van der Waals surface area contributed by atoms with Gasteiger partial charge in [0.05, 0.1) is 17.4 Å². The van der Waals surface area contributed by atoms with Gasteiger partial charge in [0.25, 0.3) is 11.7 Å². The van der Waals surface area contributed by atoms with Crippen molar-refractivity contribution in [3.63, 3.8) is 0 Å². The van der Waals surface area contributed by atoms with Crippen LogP contribution in [0.25, 0.3) is 0 Å². The smallest absolute Gasteiger partial charge is 0.290 e. The molecule has 1 aliphatic heterocycles. The van der Waals surface area contributed by atoms with Gasteiger partial charge in [-0.05, 0) is 80.4 Å². The van der Waals surface area contributed by atoms with Crippen molar-refractivity contribution in [1.29, 1.82) is 5.26 Å². The second kappa shape index (κ2) is 9.55. The second-order valence-electron chi connectivity index (χ2n) is 9.47. The molecule has 2 saturated carbocycles. The van der Waals surface area contributed by atoms with Crippen LogP contribution in [-0.2, 0) is 9.59 Å². The molecule has 0 aromatic heterocycles. The number of piperidine rings is 1. The molecule has 0 spiro atoms. The summed E-state index contributed by atoms with van der Waals surface area (Å²) < 4.78 is 13.4. The van der Waals surface area contributed by atoms with Crippen molar-refractivity contribution in [3.05, 3.63) is 29.6 Å². The Labute approximate surface area is 187 Å². The summed E-state index contributed by atoms with van der Waals surface area (Å²) in [6.07, 6.45) is 2.71. The van der Waals surface area contributed by atoms with E-state index in [9.17, 15) is 29.5 Å². The van der Waals surface area contributed by atoms with Gasteiger partial charge in [-0.3, -0.25) is 9.59 Å². The Kier molecular flexibility index (Phi) is 6.77. The third kappa shape index (κ3) is 4.50. The largest absolute Gasteiger partial charge is 0.390 e. The van der Waals surface area contributed by atoms with Gasteiger partial charge in [0.15, 0.2) is 0 Å². The normalized spacial score (nSPS) is 27.1. The zero-order valence-corrected chi connectivity index (χ0v) is 18.0. The number of aliphatic hydroxyl groups excluding tert-OH is 2. The Morgan fingerprint density at radius 2 is 1.75 bits per heavy atom. The van der Waals surface area contributed by atoms with Crippen molar-refractivity contribution in [2.24, 2.45) is 23.7 Å². The molecule has 1 aromatic rings. The van der Waals surface area contributed by atoms with Crippen molar-refractivity contribution in [2.75, 3.05) is 24.5 Å². The van der Waals surface area contributed by atoms with Crippen LogP contribution in [0.5, 0.6) is 0 Å². The van der Waals surface area contributed by atoms with E-state index in [1.807, 2.05) is 11.0 Å². The first kappa shape index (κ1) is 22.7. The molecule has 3 N–H and O–H groups in total. The van der Waals surface area contributed by atoms with Gasteiger partial charge in [-0.25, -0.2) is 4.39 Å². The number of halogens is 1. The highest BCUT2D eigenvalue weighted by atomic mass is 19.1. The molecule has 1 unspecified atom stereocenters. The number of fused-ring (bicyclic) bond motifs is 2. The van der Waals surface area contributed by atoms with E-state index in [2.05, 4.69) is 5.32 Å². The number of carbonyl (C=O) groups is 2. The number of benzene rings is 1. The van der Waals surface area contributed by atoms with Crippen LogP contribution in [0.3, 0.4) is 0 Å². The minimum absolute atomic E-state index is 0.0872. The number of aliphatic hydroxyl groups is 2. The van der Waals surface area contributed by atoms with Crippen LogP contribution >= 0.6 is 0 Å². The molecule has 7 nitrogen and oxygen atoms in total. The van der Waals surface area contributed by atoms with Gasteiger partial charge in [0.1, 0.15) is 18.0 Å². The highest BCUT2D eigenvalue weighted by Crippen LogP contribution is 2.51. The van der Waals surface area contributed by atoms with Gasteiger partial charge in [-0.15, -0.1) is 0 Å². The number of nitrogens with zero attached hydrogens (tertiary/aromatic N) is 2. The Bertz CT molecular complexity index is 889. The van der Waals surface area contributed by atoms with Gasteiger partial charge in [0.2, 0.25) is 0 Å². The Morgan fingerprint density at radius 1 is 1.12 bits per heavy atom. The lowest BCUT2D eigenvalue weighted by Gasteiger charge is -2.34. The van der Waals surface area contributed by atoms with Crippen LogP contribution in [0.15, 0.2) is 18.2 Å². The molecule has 1 amide bonds. The number of amides is 1. The van der Waals surface area contributed by atoms with Gasteiger partial charge in [0, 0.05) is 19.6 Å². The van der Waals surface area contributed by atoms with Gasteiger partial charge >= 0.3 is 0 Å². The van der Waals surface area contributed by atoms with E-state index in [-0.39, 0.29) is 11.8 Å². The summed E-state index contributed by atoms with van der Waals surface area (Å²) in [7, 11) is 0. The molecule has 3 fully saturated rings. The Morgan fingerprint density at radius 3 is 2.34 bits per heavy atom. The van der Waals surface area contributed by atoms with Crippen LogP contribution in [0.1, 0.15) is 44.1 Å². The van der Waals surface area contributed by atoms with E-state index in [1.165, 1.54) is 12.1 Å². The molecular weight excluding hydrogens is 413 g/mol. The molecule has 0 radical (unpaired) electrons. The highest BCUT2D eigenvalue weighted by molar-refractivity contribution is 6.38. The molecule has 2 atom stereocenters. The van der Waals surface area contributed by atoms with Crippen LogP contribution in [0.2, 0.25) is 0 Å². The number of anilines is 1.